The van der Waals surface area contributed by atoms with Crippen LogP contribution in [0.15, 0.2) is 24.3 Å². The van der Waals surface area contributed by atoms with Crippen molar-refractivity contribution in [2.45, 2.75) is 51.7 Å². The maximum absolute atomic E-state index is 13.3. The van der Waals surface area contributed by atoms with E-state index in [1.807, 2.05) is 13.8 Å². The highest BCUT2D eigenvalue weighted by Crippen LogP contribution is 2.33. The van der Waals surface area contributed by atoms with Crippen LogP contribution in [0.2, 0.25) is 0 Å². The van der Waals surface area contributed by atoms with Crippen LogP contribution in [-0.4, -0.2) is 108 Å². The van der Waals surface area contributed by atoms with Gasteiger partial charge in [-0.3, -0.25) is 14.4 Å². The molecule has 0 radical (unpaired) electrons. The number of nitrogens with one attached hydrogen (secondary N) is 1. The van der Waals surface area contributed by atoms with E-state index in [0.29, 0.717) is 43.7 Å². The molecule has 3 heterocycles. The van der Waals surface area contributed by atoms with Crippen molar-refractivity contribution in [3.8, 4) is 5.75 Å². The minimum absolute atomic E-state index is 0.0115. The topological polar surface area (TPSA) is 121 Å². The number of amides is 4. The van der Waals surface area contributed by atoms with E-state index in [2.05, 4.69) is 10.3 Å². The number of piperazine rings is 1. The van der Waals surface area contributed by atoms with E-state index in [1.54, 1.807) is 23.1 Å². The third kappa shape index (κ3) is 8.05. The van der Waals surface area contributed by atoms with Gasteiger partial charge in [0.05, 0.1) is 18.7 Å². The Bertz CT molecular complexity index is 1350. The summed E-state index contributed by atoms with van der Waals surface area (Å²) in [6.45, 7) is 4.43. The lowest BCUT2D eigenvalue weighted by Gasteiger charge is -2.34. The number of aromatic nitrogens is 1. The average molecular weight is 608 g/mol. The van der Waals surface area contributed by atoms with Gasteiger partial charge in [0.2, 0.25) is 5.91 Å². The number of benzene rings is 1. The number of ether oxygens (including phenoxy) is 2. The van der Waals surface area contributed by atoms with Gasteiger partial charge in [0.1, 0.15) is 17.5 Å². The summed E-state index contributed by atoms with van der Waals surface area (Å²) in [4.78, 5) is 58.8. The van der Waals surface area contributed by atoms with Crippen LogP contribution in [0.4, 0.5) is 18.0 Å². The molecule has 2 saturated heterocycles. The molecule has 0 spiro atoms. The Morgan fingerprint density at radius 3 is 2.44 bits per heavy atom. The molecular formula is C29H36F3N5O6. The molecule has 4 amide bonds. The Morgan fingerprint density at radius 1 is 1.02 bits per heavy atom. The summed E-state index contributed by atoms with van der Waals surface area (Å²) < 4.78 is 50.9. The monoisotopic (exact) mass is 607 g/mol. The Kier molecular flexibility index (Phi) is 10.3. The molecule has 0 saturated carbocycles. The van der Waals surface area contributed by atoms with E-state index in [0.717, 1.165) is 23.3 Å². The number of halogens is 3. The number of rotatable bonds is 9. The van der Waals surface area contributed by atoms with E-state index >= 15 is 0 Å². The van der Waals surface area contributed by atoms with E-state index in [4.69, 9.17) is 9.47 Å². The molecule has 43 heavy (non-hydrogen) atoms. The largest absolute Gasteiger partial charge is 0.483 e. The molecule has 1 atom stereocenters. The predicted molar refractivity (Wildman–Crippen MR) is 150 cm³/mol. The Labute approximate surface area is 247 Å². The molecule has 2 aliphatic heterocycles. The van der Waals surface area contributed by atoms with E-state index < -0.39 is 36.7 Å². The second kappa shape index (κ2) is 13.9. The third-order valence-corrected chi connectivity index (χ3v) is 7.48. The standard InChI is InChI=1S/C29H36F3N5O6/c1-3-4-14-42-28(41)36-12-10-35(11-13-36)25(38)17-33-27(40)22-16-23(20-8-7-19(2)15-21(20)34-22)43-18-26(39)37-9-5-6-24(37)29(30,31)32/h7-8,15-16,24H,3-6,9-14,17-18H2,1-2H3,(H,33,40)/t24-/m0/s1. The van der Waals surface area contributed by atoms with E-state index in [1.165, 1.54) is 11.0 Å². The van der Waals surface area contributed by atoms with Gasteiger partial charge in [-0.15, -0.1) is 0 Å². The van der Waals surface area contributed by atoms with Crippen LogP contribution in [0, 0.1) is 6.92 Å². The fourth-order valence-electron chi connectivity index (χ4n) is 5.06. The van der Waals surface area contributed by atoms with Crippen LogP contribution in [0.5, 0.6) is 5.75 Å². The van der Waals surface area contributed by atoms with E-state index in [-0.39, 0.29) is 43.3 Å². The Morgan fingerprint density at radius 2 is 1.74 bits per heavy atom. The van der Waals surface area contributed by atoms with E-state index in [9.17, 15) is 32.3 Å². The summed E-state index contributed by atoms with van der Waals surface area (Å²) in [6.07, 6.45) is -3.15. The second-order valence-corrected chi connectivity index (χ2v) is 10.6. The molecule has 1 N–H and O–H groups in total. The van der Waals surface area contributed by atoms with Crippen LogP contribution in [0.25, 0.3) is 10.9 Å². The number of unbranched alkanes of at least 4 members (excludes halogenated alkanes) is 1. The quantitative estimate of drug-likeness (QED) is 0.435. The number of carbonyl (C=O) groups excluding carboxylic acids is 4. The van der Waals surface area contributed by atoms with Crippen LogP contribution in [0.1, 0.15) is 48.7 Å². The zero-order valence-electron chi connectivity index (χ0n) is 24.2. The van der Waals surface area contributed by atoms with Crippen molar-refractivity contribution in [1.82, 2.24) is 25.0 Å². The molecular weight excluding hydrogens is 571 g/mol. The summed E-state index contributed by atoms with van der Waals surface area (Å²) in [5.74, 6) is -1.69. The van der Waals surface area contributed by atoms with Crippen molar-refractivity contribution in [3.05, 3.63) is 35.5 Å². The van der Waals surface area contributed by atoms with Gasteiger partial charge >= 0.3 is 12.3 Å². The lowest BCUT2D eigenvalue weighted by molar-refractivity contribution is -0.183. The summed E-state index contributed by atoms with van der Waals surface area (Å²) >= 11 is 0. The summed E-state index contributed by atoms with van der Waals surface area (Å²) in [6, 6.07) is 4.64. The smallest absolute Gasteiger partial charge is 0.409 e. The zero-order chi connectivity index (χ0) is 31.1. The van der Waals surface area contributed by atoms with Gasteiger partial charge in [-0.2, -0.15) is 13.2 Å². The number of hydrogen-bond acceptors (Lipinski definition) is 7. The highest BCUT2D eigenvalue weighted by Gasteiger charge is 2.47. The van der Waals surface area contributed by atoms with Crippen molar-refractivity contribution >= 4 is 34.7 Å². The number of aryl methyl sites for hydroxylation is 1. The number of hydrogen-bond donors (Lipinski definition) is 1. The number of pyridine rings is 1. The van der Waals surface area contributed by atoms with Gasteiger partial charge in [0.25, 0.3) is 11.8 Å². The number of likely N-dealkylation sites (tertiary alicyclic amines) is 1. The highest BCUT2D eigenvalue weighted by atomic mass is 19.4. The molecule has 0 bridgehead atoms. The predicted octanol–water partition coefficient (Wildman–Crippen LogP) is 3.29. The second-order valence-electron chi connectivity index (χ2n) is 10.6. The van der Waals surface area contributed by atoms with Crippen molar-refractivity contribution in [1.29, 1.82) is 0 Å². The fraction of sp³-hybridized carbons (Fsp3) is 0.552. The van der Waals surface area contributed by atoms with Crippen molar-refractivity contribution in [2.75, 3.05) is 52.5 Å². The Hall–Kier alpha value is -4.10. The number of nitrogens with zero attached hydrogens (tertiary/aromatic N) is 4. The van der Waals surface area contributed by atoms with Gasteiger partial charge in [-0.05, 0) is 43.9 Å². The summed E-state index contributed by atoms with van der Waals surface area (Å²) in [7, 11) is 0. The molecule has 14 heteroatoms. The third-order valence-electron chi connectivity index (χ3n) is 7.48. The lowest BCUT2D eigenvalue weighted by Crippen LogP contribution is -2.52. The molecule has 2 fully saturated rings. The molecule has 1 aromatic carbocycles. The van der Waals surface area contributed by atoms with Gasteiger partial charge < -0.3 is 29.5 Å². The number of alkyl halides is 3. The first-order valence-corrected chi connectivity index (χ1v) is 14.4. The molecule has 2 aromatic rings. The van der Waals surface area contributed by atoms with Crippen LogP contribution in [-0.2, 0) is 14.3 Å². The first-order chi connectivity index (χ1) is 20.5. The maximum atomic E-state index is 13.3. The molecule has 1 aromatic heterocycles. The molecule has 11 nitrogen and oxygen atoms in total. The first kappa shape index (κ1) is 31.8. The lowest BCUT2D eigenvalue weighted by atomic mass is 10.1. The minimum atomic E-state index is -4.52. The van der Waals surface area contributed by atoms with Crippen molar-refractivity contribution in [2.24, 2.45) is 0 Å². The number of fused-ring (bicyclic) bond motifs is 1. The van der Waals surface area contributed by atoms with Gasteiger partial charge in [0.15, 0.2) is 6.61 Å². The molecule has 0 unspecified atom stereocenters. The van der Waals surface area contributed by atoms with Gasteiger partial charge in [-0.25, -0.2) is 9.78 Å². The SMILES string of the molecule is CCCCOC(=O)N1CCN(C(=O)CNC(=O)c2cc(OCC(=O)N3CCC[C@H]3C(F)(F)F)c3ccc(C)cc3n2)CC1. The molecule has 4 rings (SSSR count). The molecule has 234 valence electrons. The Balaban J connectivity index is 1.37. The van der Waals surface area contributed by atoms with Crippen LogP contribution < -0.4 is 10.1 Å². The van der Waals surface area contributed by atoms with Crippen molar-refractivity contribution < 1.29 is 41.8 Å². The molecule has 0 aliphatic carbocycles. The summed E-state index contributed by atoms with van der Waals surface area (Å²) in [5.41, 5.74) is 1.15. The number of carbonyl (C=O) groups is 4. The zero-order valence-corrected chi connectivity index (χ0v) is 24.2. The fourth-order valence-corrected chi connectivity index (χ4v) is 5.06. The molecule has 2 aliphatic rings. The van der Waals surface area contributed by atoms with Gasteiger partial charge in [-0.1, -0.05) is 19.4 Å². The van der Waals surface area contributed by atoms with Crippen LogP contribution in [0.3, 0.4) is 0 Å². The average Bonchev–Trinajstić information content (AvgIpc) is 3.49. The first-order valence-electron chi connectivity index (χ1n) is 14.4. The normalized spacial score (nSPS) is 17.2. The highest BCUT2D eigenvalue weighted by molar-refractivity contribution is 5.98. The minimum Gasteiger partial charge on any atom is -0.483 e. The van der Waals surface area contributed by atoms with Crippen LogP contribution >= 0.6 is 0 Å². The van der Waals surface area contributed by atoms with Gasteiger partial charge in [0, 0.05) is 44.2 Å². The summed E-state index contributed by atoms with van der Waals surface area (Å²) in [5, 5.41) is 3.03. The maximum Gasteiger partial charge on any atom is 0.409 e. The van der Waals surface area contributed by atoms with Crippen molar-refractivity contribution in [3.63, 3.8) is 0 Å².